The summed E-state index contributed by atoms with van der Waals surface area (Å²) in [6.07, 6.45) is 0.158. The Labute approximate surface area is 68.3 Å². The van der Waals surface area contributed by atoms with Crippen LogP contribution in [-0.2, 0) is 14.4 Å². The van der Waals surface area contributed by atoms with Crippen LogP contribution < -0.4 is 0 Å². The fourth-order valence-corrected chi connectivity index (χ4v) is 0.606. The van der Waals surface area contributed by atoms with E-state index in [1.165, 1.54) is 6.92 Å². The van der Waals surface area contributed by atoms with Crippen molar-refractivity contribution in [2.24, 2.45) is 0 Å². The number of carbonyl (C=O) groups is 3. The zero-order valence-corrected chi connectivity index (χ0v) is 6.40. The fourth-order valence-electron chi connectivity index (χ4n) is 0.606. The first-order valence-electron chi connectivity index (χ1n) is 3.09. The van der Waals surface area contributed by atoms with E-state index in [-0.39, 0.29) is 12.2 Å². The van der Waals surface area contributed by atoms with E-state index in [1.54, 1.807) is 0 Å². The second-order valence-electron chi connectivity index (χ2n) is 2.19. The van der Waals surface area contributed by atoms with Crippen molar-refractivity contribution in [2.45, 2.75) is 13.3 Å². The Morgan fingerprint density at radius 1 is 1.25 bits per heavy atom. The van der Waals surface area contributed by atoms with Crippen molar-refractivity contribution in [3.05, 3.63) is 11.6 Å². The summed E-state index contributed by atoms with van der Waals surface area (Å²) in [5.74, 6) is -3.13. The molecule has 12 heavy (non-hydrogen) atoms. The van der Waals surface area contributed by atoms with Gasteiger partial charge in [0.05, 0.1) is 5.57 Å². The minimum atomic E-state index is -1.38. The molecule has 0 bridgehead atoms. The van der Waals surface area contributed by atoms with Gasteiger partial charge in [0, 0.05) is 12.5 Å². The van der Waals surface area contributed by atoms with Crippen LogP contribution in [-0.4, -0.2) is 27.9 Å². The molecule has 0 rings (SSSR count). The SMILES string of the molecule is CC(=O)C/C(=C/C(=O)O)C(=O)O. The first-order valence-corrected chi connectivity index (χ1v) is 3.09. The molecule has 0 fully saturated rings. The monoisotopic (exact) mass is 172 g/mol. The minimum Gasteiger partial charge on any atom is -0.478 e. The Kier molecular flexibility index (Phi) is 3.69. The standard InChI is InChI=1S/C7H8O5/c1-4(8)2-5(7(11)12)3-6(9)10/h3H,2H2,1H3,(H,9,10)(H,11,12)/b5-3-. The van der Waals surface area contributed by atoms with E-state index in [1.807, 2.05) is 0 Å². The second kappa shape index (κ2) is 4.27. The maximum Gasteiger partial charge on any atom is 0.332 e. The summed E-state index contributed by atoms with van der Waals surface area (Å²) >= 11 is 0. The lowest BCUT2D eigenvalue weighted by atomic mass is 10.1. The Hall–Kier alpha value is -1.65. The highest BCUT2D eigenvalue weighted by Gasteiger charge is 2.11. The molecule has 5 nitrogen and oxygen atoms in total. The van der Waals surface area contributed by atoms with Gasteiger partial charge in [0.2, 0.25) is 0 Å². The van der Waals surface area contributed by atoms with Gasteiger partial charge in [-0.25, -0.2) is 9.59 Å². The lowest BCUT2D eigenvalue weighted by Crippen LogP contribution is -2.07. The highest BCUT2D eigenvalue weighted by molar-refractivity contribution is 5.99. The second-order valence-corrected chi connectivity index (χ2v) is 2.19. The maximum atomic E-state index is 10.4. The van der Waals surface area contributed by atoms with Crippen LogP contribution in [0, 0.1) is 0 Å². The first kappa shape index (κ1) is 10.3. The lowest BCUT2D eigenvalue weighted by Gasteiger charge is -1.95. The topological polar surface area (TPSA) is 91.7 Å². The minimum absolute atomic E-state index is 0.359. The molecule has 0 spiro atoms. The van der Waals surface area contributed by atoms with Crippen molar-refractivity contribution >= 4 is 17.7 Å². The predicted octanol–water partition coefficient (Wildman–Crippen LogP) is 0.0611. The van der Waals surface area contributed by atoms with Gasteiger partial charge in [-0.15, -0.1) is 0 Å². The Bertz CT molecular complexity index is 251. The number of Topliss-reactive ketones (excluding diaryl/α,β-unsaturated/α-hetero) is 1. The molecule has 0 atom stereocenters. The van der Waals surface area contributed by atoms with Crippen LogP contribution in [0.1, 0.15) is 13.3 Å². The molecule has 0 aliphatic carbocycles. The van der Waals surface area contributed by atoms with E-state index in [2.05, 4.69) is 0 Å². The lowest BCUT2D eigenvalue weighted by molar-refractivity contribution is -0.135. The van der Waals surface area contributed by atoms with Crippen molar-refractivity contribution in [3.63, 3.8) is 0 Å². The molecule has 0 aromatic heterocycles. The van der Waals surface area contributed by atoms with E-state index >= 15 is 0 Å². The molecule has 0 heterocycles. The molecular formula is C7H8O5. The molecule has 0 saturated heterocycles. The normalized spacial score (nSPS) is 10.9. The van der Waals surface area contributed by atoms with Gasteiger partial charge in [0.1, 0.15) is 5.78 Å². The van der Waals surface area contributed by atoms with E-state index < -0.39 is 17.5 Å². The number of hydrogen-bond donors (Lipinski definition) is 2. The van der Waals surface area contributed by atoms with Gasteiger partial charge in [0.25, 0.3) is 0 Å². The molecule has 0 amide bonds. The molecule has 0 unspecified atom stereocenters. The zero-order chi connectivity index (χ0) is 9.72. The van der Waals surface area contributed by atoms with Crippen molar-refractivity contribution in [1.29, 1.82) is 0 Å². The van der Waals surface area contributed by atoms with Gasteiger partial charge >= 0.3 is 11.9 Å². The predicted molar refractivity (Wildman–Crippen MR) is 38.7 cm³/mol. The van der Waals surface area contributed by atoms with Crippen LogP contribution in [0.5, 0.6) is 0 Å². The van der Waals surface area contributed by atoms with E-state index in [9.17, 15) is 14.4 Å². The summed E-state index contributed by atoms with van der Waals surface area (Å²) < 4.78 is 0. The summed E-state index contributed by atoms with van der Waals surface area (Å²) in [4.78, 5) is 30.8. The van der Waals surface area contributed by atoms with Gasteiger partial charge in [-0.2, -0.15) is 0 Å². The van der Waals surface area contributed by atoms with Gasteiger partial charge in [0.15, 0.2) is 0 Å². The van der Waals surface area contributed by atoms with E-state index in [4.69, 9.17) is 10.2 Å². The average Bonchev–Trinajstić information content (AvgIpc) is 1.83. The maximum absolute atomic E-state index is 10.4. The molecule has 2 N–H and O–H groups in total. The Balaban J connectivity index is 4.55. The van der Waals surface area contributed by atoms with Gasteiger partial charge in [-0.3, -0.25) is 4.79 Å². The van der Waals surface area contributed by atoms with Crippen LogP contribution in [0.3, 0.4) is 0 Å². The molecule has 0 saturated carbocycles. The molecule has 5 heteroatoms. The molecule has 0 aliphatic heterocycles. The van der Waals surface area contributed by atoms with Crippen LogP contribution in [0.15, 0.2) is 11.6 Å². The molecule has 0 aromatic rings. The number of ketones is 1. The molecule has 0 aromatic carbocycles. The third-order valence-electron chi connectivity index (χ3n) is 1.01. The van der Waals surface area contributed by atoms with Gasteiger partial charge < -0.3 is 10.2 Å². The quantitative estimate of drug-likeness (QED) is 0.585. The van der Waals surface area contributed by atoms with E-state index in [0.29, 0.717) is 6.08 Å². The molecular weight excluding hydrogens is 164 g/mol. The Morgan fingerprint density at radius 3 is 2.00 bits per heavy atom. The highest BCUT2D eigenvalue weighted by atomic mass is 16.4. The Morgan fingerprint density at radius 2 is 1.75 bits per heavy atom. The summed E-state index contributed by atoms with van der Waals surface area (Å²) in [7, 11) is 0. The molecule has 66 valence electrons. The van der Waals surface area contributed by atoms with Gasteiger partial charge in [-0.05, 0) is 6.92 Å². The number of carbonyl (C=O) groups excluding carboxylic acids is 1. The first-order chi connectivity index (χ1) is 5.43. The van der Waals surface area contributed by atoms with Crippen LogP contribution in [0.2, 0.25) is 0 Å². The van der Waals surface area contributed by atoms with Crippen LogP contribution in [0.4, 0.5) is 0 Å². The van der Waals surface area contributed by atoms with Crippen molar-refractivity contribution in [2.75, 3.05) is 0 Å². The largest absolute Gasteiger partial charge is 0.478 e. The zero-order valence-electron chi connectivity index (χ0n) is 6.40. The number of carboxylic acid groups (broad SMARTS) is 2. The third-order valence-corrected chi connectivity index (χ3v) is 1.01. The van der Waals surface area contributed by atoms with Crippen LogP contribution in [0.25, 0.3) is 0 Å². The van der Waals surface area contributed by atoms with E-state index in [0.717, 1.165) is 0 Å². The number of carboxylic acids is 2. The average molecular weight is 172 g/mol. The summed E-state index contributed by atoms with van der Waals surface area (Å²) in [5, 5.41) is 16.6. The number of hydrogen-bond acceptors (Lipinski definition) is 3. The molecule has 0 aliphatic rings. The summed E-state index contributed by atoms with van der Waals surface area (Å²) in [5.41, 5.74) is -0.407. The van der Waals surface area contributed by atoms with Crippen molar-refractivity contribution in [3.8, 4) is 0 Å². The number of aliphatic carboxylic acids is 2. The smallest absolute Gasteiger partial charge is 0.332 e. The van der Waals surface area contributed by atoms with Gasteiger partial charge in [-0.1, -0.05) is 0 Å². The summed E-state index contributed by atoms with van der Waals surface area (Å²) in [6.45, 7) is 1.19. The number of rotatable bonds is 4. The van der Waals surface area contributed by atoms with Crippen LogP contribution >= 0.6 is 0 Å². The van der Waals surface area contributed by atoms with Crippen molar-refractivity contribution < 1.29 is 24.6 Å². The fraction of sp³-hybridized carbons (Fsp3) is 0.286. The third kappa shape index (κ3) is 4.21. The molecule has 0 radical (unpaired) electrons. The van der Waals surface area contributed by atoms with Crippen molar-refractivity contribution in [1.82, 2.24) is 0 Å². The highest BCUT2D eigenvalue weighted by Crippen LogP contribution is 2.01. The summed E-state index contributed by atoms with van der Waals surface area (Å²) in [6, 6.07) is 0.